The van der Waals surface area contributed by atoms with Crippen LogP contribution in [0.3, 0.4) is 0 Å². The van der Waals surface area contributed by atoms with Gasteiger partial charge in [0.25, 0.3) is 0 Å². The second-order valence-corrected chi connectivity index (χ2v) is 22.0. The summed E-state index contributed by atoms with van der Waals surface area (Å²) < 4.78 is 16.9. The van der Waals surface area contributed by atoms with Crippen LogP contribution in [0.2, 0.25) is 0 Å². The number of ether oxygens (including phenoxy) is 3. The summed E-state index contributed by atoms with van der Waals surface area (Å²) in [5, 5.41) is 0. The fourth-order valence-electron chi connectivity index (χ4n) is 9.07. The van der Waals surface area contributed by atoms with Crippen molar-refractivity contribution >= 4 is 17.9 Å². The number of hydrogen-bond acceptors (Lipinski definition) is 6. The average Bonchev–Trinajstić information content (AvgIpc) is 3.46. The maximum Gasteiger partial charge on any atom is 0.306 e. The van der Waals surface area contributed by atoms with Gasteiger partial charge in [-0.05, 0) is 141 Å². The third kappa shape index (κ3) is 66.2. The Morgan fingerprint density at radius 1 is 0.259 bits per heavy atom. The second kappa shape index (κ2) is 68.1. The minimum atomic E-state index is -0.801. The van der Waals surface area contributed by atoms with Crippen molar-refractivity contribution in [2.45, 2.75) is 309 Å². The Kier molecular flexibility index (Phi) is 64.3. The van der Waals surface area contributed by atoms with Gasteiger partial charge in [-0.3, -0.25) is 14.4 Å². The average molecular weight is 1120 g/mol. The molecule has 1 atom stereocenters. The largest absolute Gasteiger partial charge is 0.462 e. The fourth-order valence-corrected chi connectivity index (χ4v) is 9.07. The minimum absolute atomic E-state index is 0.0958. The standard InChI is InChI=1S/C75H124O6/c1-4-7-10-13-16-19-22-25-27-29-31-32-33-34-35-36-37-38-39-40-41-42-44-45-47-50-53-56-59-62-65-68-74(77)80-71-72(70-79-73(76)67-64-61-58-55-52-49-24-21-18-15-12-9-6-3)81-75(78)69-66-63-60-57-54-51-48-46-43-30-28-26-23-20-17-14-11-8-5-2/h7,10,16,19,21,24-28,31-32,34-35,37-38,40-41,44-45,50,53,72H,4-6,8-9,11-15,17-18,20,22-23,29-30,33,36,39,42-43,46-49,51-52,54-71H2,1-3H3/b10-7-,19-16-,24-21-,27-25-,28-26-,32-31-,35-34-,38-37-,41-40-,45-44-,53-50-. The van der Waals surface area contributed by atoms with E-state index >= 15 is 0 Å². The van der Waals surface area contributed by atoms with E-state index in [0.717, 1.165) is 135 Å². The van der Waals surface area contributed by atoms with E-state index in [4.69, 9.17) is 14.2 Å². The summed E-state index contributed by atoms with van der Waals surface area (Å²) in [6.07, 6.45) is 96.0. The van der Waals surface area contributed by atoms with E-state index in [-0.39, 0.29) is 31.1 Å². The SMILES string of the molecule is CC/C=C\C/C=C\C/C=C\C/C=C\C/C=C\C/C=C\C/C=C\C/C=C\C/C=C\CCCCCC(=O)OCC(COC(=O)CCCCCCC/C=C\CCCCCC)OC(=O)CCCCCCCCCCC/C=C\CCCCCCCC. The normalized spacial score (nSPS) is 13.0. The first-order valence-electron chi connectivity index (χ1n) is 33.7. The van der Waals surface area contributed by atoms with E-state index in [1.807, 2.05) is 0 Å². The number of carbonyl (C=O) groups excluding carboxylic acids is 3. The third-order valence-corrected chi connectivity index (χ3v) is 14.1. The van der Waals surface area contributed by atoms with Gasteiger partial charge in [-0.25, -0.2) is 0 Å². The molecule has 0 aliphatic carbocycles. The summed E-state index contributed by atoms with van der Waals surface area (Å²) in [4.78, 5) is 38.3. The molecule has 0 aromatic heterocycles. The summed E-state index contributed by atoms with van der Waals surface area (Å²) in [7, 11) is 0. The van der Waals surface area contributed by atoms with Gasteiger partial charge in [0.05, 0.1) is 0 Å². The Labute approximate surface area is 500 Å². The molecule has 0 bridgehead atoms. The highest BCUT2D eigenvalue weighted by Gasteiger charge is 2.19. The first-order chi connectivity index (χ1) is 40.0. The quantitative estimate of drug-likeness (QED) is 0.0261. The highest BCUT2D eigenvalue weighted by atomic mass is 16.6. The number of carbonyl (C=O) groups is 3. The molecule has 0 aliphatic heterocycles. The third-order valence-electron chi connectivity index (χ3n) is 14.1. The minimum Gasteiger partial charge on any atom is -0.462 e. The van der Waals surface area contributed by atoms with Crippen molar-refractivity contribution in [1.82, 2.24) is 0 Å². The van der Waals surface area contributed by atoms with E-state index in [1.165, 1.54) is 128 Å². The Morgan fingerprint density at radius 3 is 0.790 bits per heavy atom. The lowest BCUT2D eigenvalue weighted by Crippen LogP contribution is -2.30. The summed E-state index contributed by atoms with van der Waals surface area (Å²) in [5.74, 6) is -0.935. The van der Waals surface area contributed by atoms with Gasteiger partial charge in [-0.1, -0.05) is 276 Å². The fraction of sp³-hybridized carbons (Fsp3) is 0.667. The van der Waals surface area contributed by atoms with E-state index < -0.39 is 6.10 Å². The Morgan fingerprint density at radius 2 is 0.481 bits per heavy atom. The Balaban J connectivity index is 4.39. The van der Waals surface area contributed by atoms with Crippen LogP contribution in [-0.4, -0.2) is 37.2 Å². The van der Waals surface area contributed by atoms with Crippen molar-refractivity contribution in [2.75, 3.05) is 13.2 Å². The predicted octanol–water partition coefficient (Wildman–Crippen LogP) is 23.3. The number of esters is 3. The van der Waals surface area contributed by atoms with Gasteiger partial charge in [0.1, 0.15) is 13.2 Å². The molecule has 0 aromatic carbocycles. The number of rotatable bonds is 60. The summed E-state index contributed by atoms with van der Waals surface area (Å²) in [6, 6.07) is 0. The summed E-state index contributed by atoms with van der Waals surface area (Å²) in [6.45, 7) is 6.49. The Bertz CT molecular complexity index is 1720. The van der Waals surface area contributed by atoms with Gasteiger partial charge < -0.3 is 14.2 Å². The molecule has 81 heavy (non-hydrogen) atoms. The van der Waals surface area contributed by atoms with Gasteiger partial charge in [-0.2, -0.15) is 0 Å². The molecular weight excluding hydrogens is 997 g/mol. The zero-order chi connectivity index (χ0) is 58.5. The lowest BCUT2D eigenvalue weighted by Gasteiger charge is -2.18. The van der Waals surface area contributed by atoms with Crippen LogP contribution in [0.4, 0.5) is 0 Å². The molecule has 0 heterocycles. The number of hydrogen-bond donors (Lipinski definition) is 0. The Hall–Kier alpha value is -4.45. The number of unbranched alkanes of at least 4 members (excludes halogenated alkanes) is 27. The molecule has 0 N–H and O–H groups in total. The van der Waals surface area contributed by atoms with E-state index in [1.54, 1.807) is 0 Å². The first-order valence-corrected chi connectivity index (χ1v) is 33.7. The molecule has 1 unspecified atom stereocenters. The lowest BCUT2D eigenvalue weighted by molar-refractivity contribution is -0.167. The highest BCUT2D eigenvalue weighted by molar-refractivity contribution is 5.71. The van der Waals surface area contributed by atoms with Gasteiger partial charge in [0.15, 0.2) is 6.10 Å². The van der Waals surface area contributed by atoms with E-state index in [0.29, 0.717) is 19.3 Å². The van der Waals surface area contributed by atoms with Crippen LogP contribution in [0.25, 0.3) is 0 Å². The van der Waals surface area contributed by atoms with Crippen molar-refractivity contribution in [3.8, 4) is 0 Å². The van der Waals surface area contributed by atoms with Gasteiger partial charge >= 0.3 is 17.9 Å². The molecule has 6 nitrogen and oxygen atoms in total. The van der Waals surface area contributed by atoms with Crippen molar-refractivity contribution in [3.63, 3.8) is 0 Å². The van der Waals surface area contributed by atoms with Gasteiger partial charge in [0.2, 0.25) is 0 Å². The van der Waals surface area contributed by atoms with Crippen LogP contribution >= 0.6 is 0 Å². The lowest BCUT2D eigenvalue weighted by atomic mass is 10.1. The maximum atomic E-state index is 12.9. The predicted molar refractivity (Wildman–Crippen MR) is 353 cm³/mol. The second-order valence-electron chi connectivity index (χ2n) is 22.0. The van der Waals surface area contributed by atoms with Crippen LogP contribution in [-0.2, 0) is 28.6 Å². The first kappa shape index (κ1) is 76.5. The maximum absolute atomic E-state index is 12.9. The monoisotopic (exact) mass is 1120 g/mol. The summed E-state index contributed by atoms with van der Waals surface area (Å²) >= 11 is 0. The van der Waals surface area contributed by atoms with Crippen molar-refractivity contribution < 1.29 is 28.6 Å². The zero-order valence-electron chi connectivity index (χ0n) is 52.8. The molecule has 0 aromatic rings. The molecule has 0 saturated heterocycles. The van der Waals surface area contributed by atoms with Crippen LogP contribution in [0.1, 0.15) is 303 Å². The molecule has 0 fully saturated rings. The molecule has 0 amide bonds. The van der Waals surface area contributed by atoms with Crippen molar-refractivity contribution in [2.24, 2.45) is 0 Å². The molecule has 0 radical (unpaired) electrons. The topological polar surface area (TPSA) is 78.9 Å². The summed E-state index contributed by atoms with van der Waals surface area (Å²) in [5.41, 5.74) is 0. The molecule has 0 spiro atoms. The van der Waals surface area contributed by atoms with Crippen molar-refractivity contribution in [1.29, 1.82) is 0 Å². The molecule has 6 heteroatoms. The van der Waals surface area contributed by atoms with Crippen LogP contribution < -0.4 is 0 Å². The van der Waals surface area contributed by atoms with Crippen molar-refractivity contribution in [3.05, 3.63) is 134 Å². The van der Waals surface area contributed by atoms with Crippen LogP contribution in [0.5, 0.6) is 0 Å². The zero-order valence-corrected chi connectivity index (χ0v) is 52.8. The smallest absolute Gasteiger partial charge is 0.306 e. The van der Waals surface area contributed by atoms with E-state index in [2.05, 4.69) is 154 Å². The highest BCUT2D eigenvalue weighted by Crippen LogP contribution is 2.15. The molecule has 0 aliphatic rings. The van der Waals surface area contributed by atoms with Gasteiger partial charge in [-0.15, -0.1) is 0 Å². The van der Waals surface area contributed by atoms with Crippen LogP contribution in [0, 0.1) is 0 Å². The van der Waals surface area contributed by atoms with Gasteiger partial charge in [0, 0.05) is 19.3 Å². The van der Waals surface area contributed by atoms with E-state index in [9.17, 15) is 14.4 Å². The molecular formula is C75H124O6. The molecule has 0 rings (SSSR count). The molecule has 460 valence electrons. The molecule has 0 saturated carbocycles. The number of allylic oxidation sites excluding steroid dienone is 22. The van der Waals surface area contributed by atoms with Crippen LogP contribution in [0.15, 0.2) is 134 Å².